The molecule has 4 rings (SSSR count). The van der Waals surface area contributed by atoms with Crippen molar-refractivity contribution in [3.8, 4) is 0 Å². The second-order valence-corrected chi connectivity index (χ2v) is 9.12. The number of nitrogen functional groups attached to an aromatic ring is 1. The summed E-state index contributed by atoms with van der Waals surface area (Å²) in [5.41, 5.74) is 12.2. The summed E-state index contributed by atoms with van der Waals surface area (Å²) < 4.78 is 7.50. The third kappa shape index (κ3) is 4.33. The number of imidazole rings is 1. The zero-order valence-electron chi connectivity index (χ0n) is 16.8. The molecule has 13 heteroatoms. The van der Waals surface area contributed by atoms with Crippen LogP contribution in [0.4, 0.5) is 5.82 Å². The summed E-state index contributed by atoms with van der Waals surface area (Å²) in [6.07, 6.45) is 0.333. The van der Waals surface area contributed by atoms with E-state index in [-0.39, 0.29) is 11.1 Å². The summed E-state index contributed by atoms with van der Waals surface area (Å²) in [6.45, 7) is 1.63. The fourth-order valence-electron chi connectivity index (χ4n) is 4.21. The molecule has 2 aromatic heterocycles. The van der Waals surface area contributed by atoms with Gasteiger partial charge >= 0.3 is 5.97 Å². The number of piperidine rings is 1. The number of carboxylic acid groups (broad SMARTS) is 1. The van der Waals surface area contributed by atoms with Crippen molar-refractivity contribution in [1.29, 1.82) is 0 Å². The first-order valence-electron chi connectivity index (χ1n) is 10.1. The number of aliphatic hydroxyl groups is 2. The molecule has 2 fully saturated rings. The molecule has 0 radical (unpaired) electrons. The summed E-state index contributed by atoms with van der Waals surface area (Å²) in [7, 11) is 0. The quantitative estimate of drug-likeness (QED) is 0.332. The molecule has 2 aromatic rings. The first-order valence-corrected chi connectivity index (χ1v) is 11.2. The predicted molar refractivity (Wildman–Crippen MR) is 113 cm³/mol. The Morgan fingerprint density at radius 1 is 1.29 bits per heavy atom. The zero-order valence-corrected chi connectivity index (χ0v) is 17.6. The van der Waals surface area contributed by atoms with Gasteiger partial charge in [-0.15, -0.1) is 0 Å². The minimum absolute atomic E-state index is 0.115. The Morgan fingerprint density at radius 3 is 2.84 bits per heavy atom. The number of carboxylic acids is 1. The van der Waals surface area contributed by atoms with Gasteiger partial charge in [-0.3, -0.25) is 14.3 Å². The van der Waals surface area contributed by atoms with Crippen molar-refractivity contribution in [1.82, 2.24) is 24.4 Å². The standard InChI is InChI=1S/C18H27N7O5S/c19-2-4-24-3-1-9(5-10(24)18(28)29)31-6-11-13(26)14(27)17(30-11)25-8-23-12-15(20)21-7-22-16(12)25/h7-11,13-14,17,26-27H,1-6,19H2,(H,28,29)(H2,20,21,22)/t9-,10-,11-,13-,14-,17-/m1/s1. The number of anilines is 1. The van der Waals surface area contributed by atoms with Crippen LogP contribution in [0.25, 0.3) is 11.2 Å². The molecule has 170 valence electrons. The van der Waals surface area contributed by atoms with E-state index in [4.69, 9.17) is 16.2 Å². The Balaban J connectivity index is 1.40. The molecular weight excluding hydrogens is 426 g/mol. The van der Waals surface area contributed by atoms with E-state index < -0.39 is 36.6 Å². The maximum absolute atomic E-state index is 11.6. The Bertz CT molecular complexity index is 930. The molecule has 12 nitrogen and oxygen atoms in total. The fraction of sp³-hybridized carbons (Fsp3) is 0.667. The molecule has 0 unspecified atom stereocenters. The normalized spacial score (nSPS) is 32.0. The molecule has 2 aliphatic heterocycles. The maximum atomic E-state index is 11.6. The van der Waals surface area contributed by atoms with Crippen molar-refractivity contribution >= 4 is 34.7 Å². The summed E-state index contributed by atoms with van der Waals surface area (Å²) in [4.78, 5) is 25.8. The highest BCUT2D eigenvalue weighted by molar-refractivity contribution is 7.99. The van der Waals surface area contributed by atoms with Gasteiger partial charge in [0.25, 0.3) is 0 Å². The van der Waals surface area contributed by atoms with E-state index in [1.165, 1.54) is 17.2 Å². The van der Waals surface area contributed by atoms with Gasteiger partial charge in [-0.2, -0.15) is 11.8 Å². The SMILES string of the molecule is NCCN1CC[C@@H](SC[C@H]2O[C@@H](n3cnc4c(N)ncnc43)[C@H](O)[C@@H]2O)C[C@@H]1C(=O)O. The number of nitrogens with two attached hydrogens (primary N) is 2. The van der Waals surface area contributed by atoms with Gasteiger partial charge in [0.05, 0.1) is 12.4 Å². The topological polar surface area (TPSA) is 186 Å². The van der Waals surface area contributed by atoms with Crippen molar-refractivity contribution in [2.75, 3.05) is 31.1 Å². The van der Waals surface area contributed by atoms with Gasteiger partial charge in [-0.25, -0.2) is 15.0 Å². The van der Waals surface area contributed by atoms with Crippen molar-refractivity contribution in [2.24, 2.45) is 5.73 Å². The number of hydrogen-bond acceptors (Lipinski definition) is 11. The molecule has 0 saturated carbocycles. The van der Waals surface area contributed by atoms with Crippen LogP contribution >= 0.6 is 11.8 Å². The highest BCUT2D eigenvalue weighted by Gasteiger charge is 2.45. The van der Waals surface area contributed by atoms with Gasteiger partial charge in [0.1, 0.15) is 30.1 Å². The number of fused-ring (bicyclic) bond motifs is 1. The molecular formula is C18H27N7O5S. The summed E-state index contributed by atoms with van der Waals surface area (Å²) >= 11 is 1.56. The average Bonchev–Trinajstić information content (AvgIpc) is 3.30. The maximum Gasteiger partial charge on any atom is 0.320 e. The van der Waals surface area contributed by atoms with Crippen molar-refractivity contribution in [3.05, 3.63) is 12.7 Å². The van der Waals surface area contributed by atoms with Crippen molar-refractivity contribution in [2.45, 2.75) is 48.7 Å². The van der Waals surface area contributed by atoms with E-state index in [1.807, 2.05) is 4.90 Å². The Morgan fingerprint density at radius 2 is 2.10 bits per heavy atom. The second-order valence-electron chi connectivity index (χ2n) is 7.79. The van der Waals surface area contributed by atoms with Crippen LogP contribution in [0, 0.1) is 0 Å². The lowest BCUT2D eigenvalue weighted by atomic mass is 10.0. The number of aliphatic carboxylic acids is 1. The first-order chi connectivity index (χ1) is 14.9. The van der Waals surface area contributed by atoms with E-state index in [9.17, 15) is 20.1 Å². The van der Waals surface area contributed by atoms with Crippen LogP contribution in [0.15, 0.2) is 12.7 Å². The van der Waals surface area contributed by atoms with E-state index in [0.29, 0.717) is 43.0 Å². The Kier molecular flexibility index (Phi) is 6.60. The van der Waals surface area contributed by atoms with Crippen LogP contribution in [0.2, 0.25) is 0 Å². The number of aliphatic hydroxyl groups excluding tert-OH is 2. The molecule has 0 spiro atoms. The smallest absolute Gasteiger partial charge is 0.320 e. The van der Waals surface area contributed by atoms with Gasteiger partial charge in [-0.05, 0) is 12.8 Å². The molecule has 7 N–H and O–H groups in total. The van der Waals surface area contributed by atoms with Gasteiger partial charge in [-0.1, -0.05) is 0 Å². The molecule has 6 atom stereocenters. The zero-order chi connectivity index (χ0) is 22.1. The summed E-state index contributed by atoms with van der Waals surface area (Å²) in [6, 6.07) is -0.565. The van der Waals surface area contributed by atoms with Crippen LogP contribution in [-0.2, 0) is 9.53 Å². The van der Waals surface area contributed by atoms with E-state index in [2.05, 4.69) is 15.0 Å². The van der Waals surface area contributed by atoms with Crippen LogP contribution in [0.5, 0.6) is 0 Å². The Hall–Kier alpha value is -2.03. The molecule has 0 aliphatic carbocycles. The van der Waals surface area contributed by atoms with Gasteiger partial charge in [0, 0.05) is 30.6 Å². The number of rotatable bonds is 7. The molecule has 0 amide bonds. The highest BCUT2D eigenvalue weighted by atomic mass is 32.2. The monoisotopic (exact) mass is 453 g/mol. The second kappa shape index (κ2) is 9.22. The lowest BCUT2D eigenvalue weighted by Gasteiger charge is -2.37. The minimum Gasteiger partial charge on any atom is -0.480 e. The Labute approximate surface area is 182 Å². The van der Waals surface area contributed by atoms with E-state index in [0.717, 1.165) is 6.42 Å². The predicted octanol–water partition coefficient (Wildman–Crippen LogP) is -1.36. The molecule has 4 heterocycles. The average molecular weight is 454 g/mol. The molecule has 2 aliphatic rings. The lowest BCUT2D eigenvalue weighted by Crippen LogP contribution is -2.49. The first kappa shape index (κ1) is 22.2. The summed E-state index contributed by atoms with van der Waals surface area (Å²) in [5.74, 6) is -0.204. The van der Waals surface area contributed by atoms with Gasteiger partial charge in [0.15, 0.2) is 17.7 Å². The number of nitrogens with zero attached hydrogens (tertiary/aromatic N) is 5. The van der Waals surface area contributed by atoms with E-state index >= 15 is 0 Å². The van der Waals surface area contributed by atoms with Crippen LogP contribution < -0.4 is 11.5 Å². The number of hydrogen-bond donors (Lipinski definition) is 5. The molecule has 0 aromatic carbocycles. The molecule has 31 heavy (non-hydrogen) atoms. The molecule has 0 bridgehead atoms. The number of likely N-dealkylation sites (tertiary alicyclic amines) is 1. The van der Waals surface area contributed by atoms with Crippen LogP contribution in [0.1, 0.15) is 19.1 Å². The van der Waals surface area contributed by atoms with Gasteiger partial charge < -0.3 is 31.5 Å². The number of ether oxygens (including phenoxy) is 1. The molecule has 2 saturated heterocycles. The minimum atomic E-state index is -1.17. The largest absolute Gasteiger partial charge is 0.480 e. The lowest BCUT2D eigenvalue weighted by molar-refractivity contribution is -0.144. The van der Waals surface area contributed by atoms with Crippen LogP contribution in [-0.4, -0.2) is 101 Å². The van der Waals surface area contributed by atoms with Crippen LogP contribution in [0.3, 0.4) is 0 Å². The van der Waals surface area contributed by atoms with E-state index in [1.54, 1.807) is 11.8 Å². The third-order valence-corrected chi connectivity index (χ3v) is 7.28. The van der Waals surface area contributed by atoms with Gasteiger partial charge in [0.2, 0.25) is 0 Å². The number of thioether (sulfide) groups is 1. The summed E-state index contributed by atoms with van der Waals surface area (Å²) in [5, 5.41) is 30.8. The fourth-order valence-corrected chi connectivity index (χ4v) is 5.54. The highest BCUT2D eigenvalue weighted by Crippen LogP contribution is 2.35. The number of carbonyl (C=O) groups is 1. The van der Waals surface area contributed by atoms with Crippen molar-refractivity contribution < 1.29 is 24.9 Å². The number of aromatic nitrogens is 4. The third-order valence-electron chi connectivity index (χ3n) is 5.86. The van der Waals surface area contributed by atoms with Crippen molar-refractivity contribution in [3.63, 3.8) is 0 Å².